The summed E-state index contributed by atoms with van der Waals surface area (Å²) in [6.45, 7) is 2.02. The molecule has 0 unspecified atom stereocenters. The maximum absolute atomic E-state index is 14.8. The second-order valence-electron chi connectivity index (χ2n) is 9.13. The van der Waals surface area contributed by atoms with E-state index in [4.69, 9.17) is 0 Å². The third-order valence-electron chi connectivity index (χ3n) is 5.99. The summed E-state index contributed by atoms with van der Waals surface area (Å²) in [6.07, 6.45) is -1.64. The molecule has 0 bridgehead atoms. The molecular weight excluding hydrogens is 564 g/mol. The largest absolute Gasteiger partial charge is 0.429 e. The second kappa shape index (κ2) is 12.8. The first kappa shape index (κ1) is 30.2. The minimum atomic E-state index is -4.22. The van der Waals surface area contributed by atoms with Gasteiger partial charge in [-0.05, 0) is 73.0 Å². The Morgan fingerprint density at radius 1 is 0.619 bits per heavy atom. The lowest BCUT2D eigenvalue weighted by atomic mass is 10.1. The molecule has 0 saturated carbocycles. The van der Waals surface area contributed by atoms with E-state index in [2.05, 4.69) is 28.4 Å². The molecule has 4 rings (SSSR count). The topological polar surface area (TPSA) is 9.23 Å². The fourth-order valence-corrected chi connectivity index (χ4v) is 3.80. The zero-order valence-electron chi connectivity index (χ0n) is 21.9. The van der Waals surface area contributed by atoms with Crippen LogP contribution in [0.4, 0.5) is 35.1 Å². The maximum Gasteiger partial charge on any atom is 0.429 e. The van der Waals surface area contributed by atoms with Crippen LogP contribution in [0.3, 0.4) is 0 Å². The van der Waals surface area contributed by atoms with Crippen LogP contribution in [-0.4, -0.2) is 0 Å². The summed E-state index contributed by atoms with van der Waals surface area (Å²) in [5, 5.41) is 0. The van der Waals surface area contributed by atoms with Gasteiger partial charge in [-0.1, -0.05) is 43.1 Å². The van der Waals surface area contributed by atoms with Crippen LogP contribution >= 0.6 is 0 Å². The summed E-state index contributed by atoms with van der Waals surface area (Å²) < 4.78 is 117. The molecule has 9 heteroatoms. The zero-order valence-corrected chi connectivity index (χ0v) is 21.9. The number of halogens is 8. The van der Waals surface area contributed by atoms with Gasteiger partial charge < -0.3 is 4.74 Å². The molecule has 0 aliphatic carbocycles. The quantitative estimate of drug-likeness (QED) is 0.125. The molecule has 0 atom stereocenters. The highest BCUT2D eigenvalue weighted by molar-refractivity contribution is 5.47. The summed E-state index contributed by atoms with van der Waals surface area (Å²) in [5.41, 5.74) is -0.872. The summed E-state index contributed by atoms with van der Waals surface area (Å²) >= 11 is 0. The molecule has 0 amide bonds. The van der Waals surface area contributed by atoms with E-state index in [0.29, 0.717) is 18.2 Å². The number of hydrogen-bond donors (Lipinski definition) is 0. The van der Waals surface area contributed by atoms with Crippen molar-refractivity contribution in [2.24, 2.45) is 0 Å². The molecule has 4 aromatic rings. The van der Waals surface area contributed by atoms with Crippen molar-refractivity contribution in [3.05, 3.63) is 135 Å². The van der Waals surface area contributed by atoms with Gasteiger partial charge >= 0.3 is 6.11 Å². The standard InChI is InChI=1S/C33H20F8O/c1-2-3-4-20-5-9-23(27(34)15-20)10-6-21-8-14-26(29(36)16-21)33(40,41)42-25-13-12-24(28(35)19-25)11-7-22-17-30(37)32(39)31(38)18-22/h5,8-9,12-19H,2-4H2,1H3. The minimum Gasteiger partial charge on any atom is -0.429 e. The minimum absolute atomic E-state index is 0.0106. The van der Waals surface area contributed by atoms with Gasteiger partial charge in [-0.3, -0.25) is 0 Å². The first-order valence-electron chi connectivity index (χ1n) is 12.6. The number of aryl methyl sites for hydroxylation is 1. The summed E-state index contributed by atoms with van der Waals surface area (Å²) in [5.74, 6) is 1.26. The number of hydrogen-bond acceptors (Lipinski definition) is 1. The Bertz CT molecular complexity index is 1730. The lowest BCUT2D eigenvalue weighted by molar-refractivity contribution is -0.187. The highest BCUT2D eigenvalue weighted by Crippen LogP contribution is 2.34. The van der Waals surface area contributed by atoms with Crippen molar-refractivity contribution in [2.45, 2.75) is 32.3 Å². The van der Waals surface area contributed by atoms with Crippen molar-refractivity contribution < 1.29 is 39.9 Å². The van der Waals surface area contributed by atoms with Gasteiger partial charge in [0.15, 0.2) is 17.5 Å². The van der Waals surface area contributed by atoms with Gasteiger partial charge in [-0.15, -0.1) is 0 Å². The summed E-state index contributed by atoms with van der Waals surface area (Å²) in [4.78, 5) is 0. The average molecular weight is 585 g/mol. The average Bonchev–Trinajstić information content (AvgIpc) is 2.93. The molecule has 0 N–H and O–H groups in total. The number of rotatable bonds is 6. The smallest absolute Gasteiger partial charge is 0.429 e. The van der Waals surface area contributed by atoms with E-state index in [1.807, 2.05) is 6.92 Å². The van der Waals surface area contributed by atoms with Crippen molar-refractivity contribution in [1.82, 2.24) is 0 Å². The van der Waals surface area contributed by atoms with E-state index in [0.717, 1.165) is 55.2 Å². The molecule has 0 radical (unpaired) electrons. The molecule has 214 valence electrons. The van der Waals surface area contributed by atoms with E-state index >= 15 is 0 Å². The van der Waals surface area contributed by atoms with E-state index < -0.39 is 52.3 Å². The molecular formula is C33H20F8O. The van der Waals surface area contributed by atoms with Crippen molar-refractivity contribution in [1.29, 1.82) is 0 Å². The Balaban J connectivity index is 1.48. The molecule has 4 aromatic carbocycles. The third-order valence-corrected chi connectivity index (χ3v) is 5.99. The van der Waals surface area contributed by atoms with Crippen molar-refractivity contribution in [3.8, 4) is 29.4 Å². The zero-order chi connectivity index (χ0) is 30.4. The highest BCUT2D eigenvalue weighted by atomic mass is 19.3. The molecule has 0 aromatic heterocycles. The molecule has 0 fully saturated rings. The Labute approximate surface area is 236 Å². The molecule has 0 aliphatic rings. The highest BCUT2D eigenvalue weighted by Gasteiger charge is 2.37. The monoisotopic (exact) mass is 584 g/mol. The van der Waals surface area contributed by atoms with E-state index in [9.17, 15) is 35.1 Å². The van der Waals surface area contributed by atoms with Crippen LogP contribution < -0.4 is 4.74 Å². The van der Waals surface area contributed by atoms with Gasteiger partial charge in [0.05, 0.1) is 11.1 Å². The third kappa shape index (κ3) is 7.30. The molecule has 0 spiro atoms. The Morgan fingerprint density at radius 2 is 1.21 bits per heavy atom. The van der Waals surface area contributed by atoms with E-state index in [-0.39, 0.29) is 22.3 Å². The number of benzene rings is 4. The molecule has 0 aliphatic heterocycles. The van der Waals surface area contributed by atoms with Crippen molar-refractivity contribution >= 4 is 0 Å². The van der Waals surface area contributed by atoms with Crippen LogP contribution in [0.5, 0.6) is 5.75 Å². The summed E-state index contributed by atoms with van der Waals surface area (Å²) in [7, 11) is 0. The van der Waals surface area contributed by atoms with Crippen molar-refractivity contribution in [3.63, 3.8) is 0 Å². The molecule has 0 saturated heterocycles. The fraction of sp³-hybridized carbons (Fsp3) is 0.152. The first-order valence-corrected chi connectivity index (χ1v) is 12.6. The Hall–Kier alpha value is -4.76. The Kier molecular flexibility index (Phi) is 9.22. The molecule has 42 heavy (non-hydrogen) atoms. The predicted octanol–water partition coefficient (Wildman–Crippen LogP) is 8.79. The van der Waals surface area contributed by atoms with Gasteiger partial charge in [-0.2, -0.15) is 8.78 Å². The van der Waals surface area contributed by atoms with Crippen LogP contribution in [0.1, 0.15) is 53.1 Å². The fourth-order valence-electron chi connectivity index (χ4n) is 3.80. The SMILES string of the molecule is CCCCc1ccc(C#Cc2ccc(C(F)(F)Oc3ccc(C#Cc4cc(F)c(F)c(F)c4)c(F)c3)c(F)c2)c(F)c1. The van der Waals surface area contributed by atoms with Gasteiger partial charge in [0.2, 0.25) is 0 Å². The molecule has 0 heterocycles. The lowest BCUT2D eigenvalue weighted by Crippen LogP contribution is -2.23. The van der Waals surface area contributed by atoms with Gasteiger partial charge in [0.1, 0.15) is 28.8 Å². The van der Waals surface area contributed by atoms with Crippen LogP contribution in [0.15, 0.2) is 66.7 Å². The van der Waals surface area contributed by atoms with Gasteiger partial charge in [0, 0.05) is 17.2 Å². The van der Waals surface area contributed by atoms with Crippen molar-refractivity contribution in [2.75, 3.05) is 0 Å². The van der Waals surface area contributed by atoms with E-state index in [1.165, 1.54) is 12.1 Å². The van der Waals surface area contributed by atoms with E-state index in [1.54, 1.807) is 6.07 Å². The number of ether oxygens (including phenoxy) is 1. The van der Waals surface area contributed by atoms with Crippen LogP contribution in [0.2, 0.25) is 0 Å². The predicted molar refractivity (Wildman–Crippen MR) is 141 cm³/mol. The Morgan fingerprint density at radius 3 is 1.81 bits per heavy atom. The van der Waals surface area contributed by atoms with Crippen LogP contribution in [0.25, 0.3) is 0 Å². The lowest BCUT2D eigenvalue weighted by Gasteiger charge is -2.19. The van der Waals surface area contributed by atoms with Crippen LogP contribution in [0, 0.1) is 58.6 Å². The summed E-state index contributed by atoms with van der Waals surface area (Å²) in [6, 6.07) is 10.9. The second-order valence-corrected chi connectivity index (χ2v) is 9.13. The van der Waals surface area contributed by atoms with Gasteiger partial charge in [0.25, 0.3) is 0 Å². The number of unbranched alkanes of at least 4 members (excludes halogenated alkanes) is 1. The van der Waals surface area contributed by atoms with Crippen LogP contribution in [-0.2, 0) is 12.5 Å². The first-order chi connectivity index (χ1) is 20.0. The molecule has 1 nitrogen and oxygen atoms in total. The number of alkyl halides is 2. The maximum atomic E-state index is 14.8. The normalized spacial score (nSPS) is 10.9. The van der Waals surface area contributed by atoms with Gasteiger partial charge in [-0.25, -0.2) is 26.3 Å².